The van der Waals surface area contributed by atoms with E-state index in [0.29, 0.717) is 6.10 Å². The zero-order valence-corrected chi connectivity index (χ0v) is 9.11. The first kappa shape index (κ1) is 9.81. The Hall–Kier alpha value is 0.270. The van der Waals surface area contributed by atoms with Gasteiger partial charge >= 0.3 is 0 Å². The van der Waals surface area contributed by atoms with Crippen LogP contribution in [0.25, 0.3) is 0 Å². The quantitative estimate of drug-likeness (QED) is 0.745. The molecule has 0 amide bonds. The Balaban J connectivity index is 1.54. The molecule has 0 aromatic rings. The fraction of sp³-hybridized carbons (Fsp3) is 1.00. The zero-order valence-electron chi connectivity index (χ0n) is 8.29. The SMILES string of the molecule is COC1CC(NCC2CCSC2)C1. The Kier molecular flexibility index (Phi) is 3.52. The average molecular weight is 201 g/mol. The number of hydrogen-bond donors (Lipinski definition) is 1. The maximum Gasteiger partial charge on any atom is 0.0601 e. The fourth-order valence-corrected chi connectivity index (χ4v) is 3.29. The maximum absolute atomic E-state index is 5.24. The molecule has 0 spiro atoms. The second-order valence-corrected chi connectivity index (χ2v) is 5.31. The predicted octanol–water partition coefficient (Wildman–Crippen LogP) is 1.51. The van der Waals surface area contributed by atoms with Crippen LogP contribution in [0.15, 0.2) is 0 Å². The normalized spacial score (nSPS) is 39.0. The first-order valence-corrected chi connectivity index (χ1v) is 6.38. The molecule has 2 fully saturated rings. The first-order chi connectivity index (χ1) is 6.38. The van der Waals surface area contributed by atoms with E-state index in [0.717, 1.165) is 12.0 Å². The highest BCUT2D eigenvalue weighted by atomic mass is 32.2. The Labute approximate surface area is 84.8 Å². The Morgan fingerprint density at radius 1 is 1.46 bits per heavy atom. The van der Waals surface area contributed by atoms with Crippen molar-refractivity contribution >= 4 is 11.8 Å². The van der Waals surface area contributed by atoms with E-state index in [2.05, 4.69) is 17.1 Å². The van der Waals surface area contributed by atoms with Gasteiger partial charge in [0.05, 0.1) is 6.10 Å². The lowest BCUT2D eigenvalue weighted by Gasteiger charge is -2.35. The molecule has 1 atom stereocenters. The Morgan fingerprint density at radius 3 is 2.92 bits per heavy atom. The van der Waals surface area contributed by atoms with Crippen molar-refractivity contribution < 1.29 is 4.74 Å². The van der Waals surface area contributed by atoms with Crippen molar-refractivity contribution in [2.45, 2.75) is 31.4 Å². The minimum atomic E-state index is 0.537. The lowest BCUT2D eigenvalue weighted by molar-refractivity contribution is 0.0167. The Morgan fingerprint density at radius 2 is 2.31 bits per heavy atom. The van der Waals surface area contributed by atoms with E-state index in [4.69, 9.17) is 4.74 Å². The van der Waals surface area contributed by atoms with Crippen LogP contribution in [0, 0.1) is 5.92 Å². The van der Waals surface area contributed by atoms with Gasteiger partial charge in [-0.15, -0.1) is 0 Å². The molecular formula is C10H19NOS. The summed E-state index contributed by atoms with van der Waals surface area (Å²) in [6, 6.07) is 0.746. The van der Waals surface area contributed by atoms with Gasteiger partial charge in [-0.1, -0.05) is 0 Å². The summed E-state index contributed by atoms with van der Waals surface area (Å²) in [5.74, 6) is 3.68. The topological polar surface area (TPSA) is 21.3 Å². The van der Waals surface area contributed by atoms with Gasteiger partial charge in [-0.3, -0.25) is 0 Å². The van der Waals surface area contributed by atoms with Crippen molar-refractivity contribution in [2.75, 3.05) is 25.2 Å². The van der Waals surface area contributed by atoms with Crippen molar-refractivity contribution in [1.29, 1.82) is 0 Å². The smallest absolute Gasteiger partial charge is 0.0601 e. The number of hydrogen-bond acceptors (Lipinski definition) is 3. The molecule has 1 aliphatic heterocycles. The summed E-state index contributed by atoms with van der Waals surface area (Å²) in [7, 11) is 1.81. The summed E-state index contributed by atoms with van der Waals surface area (Å²) in [5, 5.41) is 3.63. The van der Waals surface area contributed by atoms with Gasteiger partial charge in [-0.2, -0.15) is 11.8 Å². The number of thioether (sulfide) groups is 1. The zero-order chi connectivity index (χ0) is 9.10. The standard InChI is InChI=1S/C10H19NOS/c1-12-10-4-9(5-10)11-6-8-2-3-13-7-8/h8-11H,2-7H2,1H3. The van der Waals surface area contributed by atoms with E-state index in [1.54, 1.807) is 0 Å². The lowest BCUT2D eigenvalue weighted by Crippen LogP contribution is -2.46. The molecule has 2 aliphatic rings. The molecule has 0 radical (unpaired) electrons. The van der Waals surface area contributed by atoms with Gasteiger partial charge < -0.3 is 10.1 Å². The van der Waals surface area contributed by atoms with Gasteiger partial charge in [0.15, 0.2) is 0 Å². The summed E-state index contributed by atoms with van der Waals surface area (Å²) in [6.07, 6.45) is 4.39. The van der Waals surface area contributed by atoms with Crippen LogP contribution in [0.5, 0.6) is 0 Å². The highest BCUT2D eigenvalue weighted by Crippen LogP contribution is 2.25. The van der Waals surface area contributed by atoms with Crippen LogP contribution >= 0.6 is 11.8 Å². The Bertz CT molecular complexity index is 153. The second-order valence-electron chi connectivity index (χ2n) is 4.16. The third kappa shape index (κ3) is 2.61. The van der Waals surface area contributed by atoms with Crippen LogP contribution in [0.1, 0.15) is 19.3 Å². The van der Waals surface area contributed by atoms with Crippen LogP contribution in [0.2, 0.25) is 0 Å². The lowest BCUT2D eigenvalue weighted by atomic mass is 9.89. The summed E-state index contributed by atoms with van der Waals surface area (Å²) in [5.41, 5.74) is 0. The highest BCUT2D eigenvalue weighted by Gasteiger charge is 2.29. The van der Waals surface area contributed by atoms with Crippen molar-refractivity contribution in [1.82, 2.24) is 5.32 Å². The molecule has 1 heterocycles. The summed E-state index contributed by atoms with van der Waals surface area (Å²) < 4.78 is 5.24. The van der Waals surface area contributed by atoms with Gasteiger partial charge in [0.1, 0.15) is 0 Å². The van der Waals surface area contributed by atoms with Crippen LogP contribution < -0.4 is 5.32 Å². The highest BCUT2D eigenvalue weighted by molar-refractivity contribution is 7.99. The monoisotopic (exact) mass is 201 g/mol. The maximum atomic E-state index is 5.24. The first-order valence-electron chi connectivity index (χ1n) is 5.22. The average Bonchev–Trinajstić information content (AvgIpc) is 2.54. The minimum absolute atomic E-state index is 0.537. The van der Waals surface area contributed by atoms with Crippen molar-refractivity contribution in [2.24, 2.45) is 5.92 Å². The van der Waals surface area contributed by atoms with Crippen molar-refractivity contribution in [3.8, 4) is 0 Å². The molecule has 13 heavy (non-hydrogen) atoms. The predicted molar refractivity (Wildman–Crippen MR) is 57.3 cm³/mol. The second kappa shape index (κ2) is 4.67. The molecular weight excluding hydrogens is 182 g/mol. The molecule has 0 aromatic heterocycles. The molecule has 1 saturated heterocycles. The number of rotatable bonds is 4. The van der Waals surface area contributed by atoms with E-state index in [-0.39, 0.29) is 0 Å². The molecule has 3 heteroatoms. The molecule has 2 nitrogen and oxygen atoms in total. The summed E-state index contributed by atoms with van der Waals surface area (Å²) in [4.78, 5) is 0. The van der Waals surface area contributed by atoms with Gasteiger partial charge in [0, 0.05) is 13.2 Å². The summed E-state index contributed by atoms with van der Waals surface area (Å²) in [6.45, 7) is 1.23. The van der Waals surface area contributed by atoms with Crippen LogP contribution in [-0.2, 0) is 4.74 Å². The molecule has 1 saturated carbocycles. The molecule has 0 aromatic carbocycles. The number of nitrogens with one attached hydrogen (secondary N) is 1. The van der Waals surface area contributed by atoms with Crippen molar-refractivity contribution in [3.05, 3.63) is 0 Å². The molecule has 76 valence electrons. The van der Waals surface area contributed by atoms with Crippen LogP contribution in [0.3, 0.4) is 0 Å². The minimum Gasteiger partial charge on any atom is -0.381 e. The van der Waals surface area contributed by atoms with Gasteiger partial charge in [0.2, 0.25) is 0 Å². The van der Waals surface area contributed by atoms with E-state index in [1.165, 1.54) is 37.3 Å². The van der Waals surface area contributed by atoms with Gasteiger partial charge in [-0.05, 0) is 43.2 Å². The number of ether oxygens (including phenoxy) is 1. The molecule has 2 rings (SSSR count). The van der Waals surface area contributed by atoms with Crippen molar-refractivity contribution in [3.63, 3.8) is 0 Å². The van der Waals surface area contributed by atoms with E-state index < -0.39 is 0 Å². The number of methoxy groups -OCH3 is 1. The van der Waals surface area contributed by atoms with Gasteiger partial charge in [0.25, 0.3) is 0 Å². The molecule has 0 bridgehead atoms. The molecule has 1 unspecified atom stereocenters. The third-order valence-corrected chi connectivity index (χ3v) is 4.38. The fourth-order valence-electron chi connectivity index (χ4n) is 2.00. The van der Waals surface area contributed by atoms with Crippen LogP contribution in [-0.4, -0.2) is 37.3 Å². The van der Waals surface area contributed by atoms with E-state index in [1.807, 2.05) is 7.11 Å². The molecule has 1 N–H and O–H groups in total. The van der Waals surface area contributed by atoms with Crippen LogP contribution in [0.4, 0.5) is 0 Å². The largest absolute Gasteiger partial charge is 0.381 e. The van der Waals surface area contributed by atoms with Gasteiger partial charge in [-0.25, -0.2) is 0 Å². The third-order valence-electron chi connectivity index (χ3n) is 3.15. The molecule has 1 aliphatic carbocycles. The van der Waals surface area contributed by atoms with E-state index in [9.17, 15) is 0 Å². The summed E-state index contributed by atoms with van der Waals surface area (Å²) >= 11 is 2.10. The van der Waals surface area contributed by atoms with E-state index >= 15 is 0 Å².